The van der Waals surface area contributed by atoms with Gasteiger partial charge in [0.05, 0.1) is 6.04 Å². The third-order valence-electron chi connectivity index (χ3n) is 7.96. The quantitative estimate of drug-likeness (QED) is 0.408. The highest BCUT2D eigenvalue weighted by Crippen LogP contribution is 2.60. The van der Waals surface area contributed by atoms with E-state index in [1.165, 1.54) is 33.2 Å². The minimum atomic E-state index is -0.151. The zero-order valence-electron chi connectivity index (χ0n) is 16.8. The highest BCUT2D eigenvalue weighted by Gasteiger charge is 2.48. The van der Waals surface area contributed by atoms with Crippen LogP contribution < -0.4 is 4.90 Å². The summed E-state index contributed by atoms with van der Waals surface area (Å²) in [6.45, 7) is 1.08. The molecule has 0 N–H and O–H groups in total. The normalized spacial score (nSPS) is 30.4. The van der Waals surface area contributed by atoms with Crippen molar-refractivity contribution in [1.29, 1.82) is 0 Å². The van der Waals surface area contributed by atoms with Crippen LogP contribution in [0.2, 0.25) is 0 Å². The van der Waals surface area contributed by atoms with Crippen molar-refractivity contribution >= 4 is 16.5 Å². The van der Waals surface area contributed by atoms with Gasteiger partial charge in [-0.1, -0.05) is 60.7 Å². The van der Waals surface area contributed by atoms with Gasteiger partial charge in [0.15, 0.2) is 0 Å². The Morgan fingerprint density at radius 1 is 0.867 bits per heavy atom. The molecule has 2 aliphatic heterocycles. The number of hydrogen-bond donors (Lipinski definition) is 0. The molecule has 0 amide bonds. The first-order valence-corrected chi connectivity index (χ1v) is 11.2. The third-order valence-corrected chi connectivity index (χ3v) is 7.96. The topological polar surface area (TPSA) is 3.24 Å². The molecule has 0 spiro atoms. The maximum atomic E-state index is 13.7. The lowest BCUT2D eigenvalue weighted by Gasteiger charge is -2.51. The second-order valence-electron chi connectivity index (χ2n) is 9.40. The van der Waals surface area contributed by atoms with Crippen molar-refractivity contribution in [1.82, 2.24) is 0 Å². The smallest absolute Gasteiger partial charge is 0.123 e. The molecule has 3 aromatic carbocycles. The number of hydrogen-bond acceptors (Lipinski definition) is 1. The summed E-state index contributed by atoms with van der Waals surface area (Å²) in [4.78, 5) is 2.70. The van der Waals surface area contributed by atoms with Crippen molar-refractivity contribution in [3.05, 3.63) is 101 Å². The summed E-state index contributed by atoms with van der Waals surface area (Å²) in [5.74, 6) is 1.95. The molecule has 4 aliphatic rings. The second kappa shape index (κ2) is 6.07. The average Bonchev–Trinajstić information content (AvgIpc) is 3.44. The molecule has 0 aromatic heterocycles. The largest absolute Gasteiger partial charge is 0.363 e. The maximum Gasteiger partial charge on any atom is 0.123 e. The lowest BCUT2D eigenvalue weighted by atomic mass is 9.69. The monoisotopic (exact) mass is 393 g/mol. The second-order valence-corrected chi connectivity index (χ2v) is 9.40. The van der Waals surface area contributed by atoms with Gasteiger partial charge in [-0.05, 0) is 70.3 Å². The van der Waals surface area contributed by atoms with E-state index in [4.69, 9.17) is 0 Å². The van der Waals surface area contributed by atoms with Crippen molar-refractivity contribution < 1.29 is 4.39 Å². The minimum absolute atomic E-state index is 0.151. The Morgan fingerprint density at radius 3 is 2.57 bits per heavy atom. The summed E-state index contributed by atoms with van der Waals surface area (Å²) in [5, 5.41) is 2.77. The summed E-state index contributed by atoms with van der Waals surface area (Å²) >= 11 is 0. The Kier molecular flexibility index (Phi) is 3.42. The number of fused-ring (bicyclic) bond motifs is 6. The van der Waals surface area contributed by atoms with Gasteiger partial charge in [0.1, 0.15) is 5.82 Å². The Morgan fingerprint density at radius 2 is 1.67 bits per heavy atom. The van der Waals surface area contributed by atoms with Gasteiger partial charge in [-0.25, -0.2) is 4.39 Å². The van der Waals surface area contributed by atoms with Crippen LogP contribution in [0.1, 0.15) is 47.4 Å². The molecule has 7 rings (SSSR count). The van der Waals surface area contributed by atoms with Gasteiger partial charge in [0.2, 0.25) is 0 Å². The van der Waals surface area contributed by atoms with E-state index in [9.17, 15) is 4.39 Å². The maximum absolute atomic E-state index is 13.7. The highest BCUT2D eigenvalue weighted by molar-refractivity contribution is 5.94. The molecular weight excluding hydrogens is 369 g/mol. The molecule has 0 unspecified atom stereocenters. The van der Waals surface area contributed by atoms with Gasteiger partial charge in [0, 0.05) is 24.1 Å². The number of allylic oxidation sites excluding steroid dienone is 4. The Bertz CT molecular complexity index is 1220. The van der Waals surface area contributed by atoms with Crippen LogP contribution in [0.4, 0.5) is 10.1 Å². The van der Waals surface area contributed by atoms with E-state index in [1.54, 1.807) is 12.1 Å². The van der Waals surface area contributed by atoms with Crippen molar-refractivity contribution in [3.63, 3.8) is 0 Å². The van der Waals surface area contributed by atoms with E-state index < -0.39 is 0 Å². The van der Waals surface area contributed by atoms with Crippen molar-refractivity contribution in [3.8, 4) is 0 Å². The van der Waals surface area contributed by atoms with Crippen LogP contribution in [0.15, 0.2) is 78.9 Å². The molecule has 2 aliphatic carbocycles. The van der Waals surface area contributed by atoms with Crippen LogP contribution in [-0.2, 0) is 0 Å². The van der Waals surface area contributed by atoms with Gasteiger partial charge < -0.3 is 4.90 Å². The third kappa shape index (κ3) is 2.17. The van der Waals surface area contributed by atoms with Crippen LogP contribution >= 0.6 is 0 Å². The van der Waals surface area contributed by atoms with Crippen molar-refractivity contribution in [2.75, 3.05) is 11.4 Å². The van der Waals surface area contributed by atoms with E-state index in [1.807, 2.05) is 12.1 Å². The molecule has 0 saturated carbocycles. The molecule has 2 heteroatoms. The first-order valence-electron chi connectivity index (χ1n) is 11.2. The van der Waals surface area contributed by atoms with Crippen LogP contribution in [0.25, 0.3) is 10.8 Å². The SMILES string of the molecule is Fc1ccc([C@H]2[C@@H]3CC=C[C@@H]3c3c4c(cc5ccccc35)[C@H]3C=CC[C@@H]3CN42)cc1. The highest BCUT2D eigenvalue weighted by atomic mass is 19.1. The summed E-state index contributed by atoms with van der Waals surface area (Å²) in [5.41, 5.74) is 5.74. The van der Waals surface area contributed by atoms with Gasteiger partial charge in [-0.15, -0.1) is 0 Å². The van der Waals surface area contributed by atoms with Gasteiger partial charge >= 0.3 is 0 Å². The zero-order chi connectivity index (χ0) is 19.8. The molecule has 2 heterocycles. The van der Waals surface area contributed by atoms with E-state index in [-0.39, 0.29) is 5.82 Å². The summed E-state index contributed by atoms with van der Waals surface area (Å²) in [6, 6.07) is 19.0. The van der Waals surface area contributed by atoms with Gasteiger partial charge in [-0.3, -0.25) is 0 Å². The lowest BCUT2D eigenvalue weighted by Crippen LogP contribution is -2.46. The molecule has 0 bridgehead atoms. The van der Waals surface area contributed by atoms with Gasteiger partial charge in [-0.2, -0.15) is 0 Å². The Hall–Kier alpha value is -2.87. The van der Waals surface area contributed by atoms with E-state index in [0.717, 1.165) is 19.4 Å². The first kappa shape index (κ1) is 16.9. The molecule has 30 heavy (non-hydrogen) atoms. The molecular formula is C28H24FN. The molecule has 5 atom stereocenters. The van der Waals surface area contributed by atoms with E-state index in [0.29, 0.717) is 29.7 Å². The summed E-state index contributed by atoms with van der Waals surface area (Å²) < 4.78 is 13.7. The standard InChI is InChI=1S/C28H24FN/c29-20-13-11-17(12-14-20)27-24-10-4-9-23(24)26-22-7-2-1-5-18(22)15-25-21-8-3-6-19(21)16-30(27)28(25)26/h1-5,7-9,11-15,19,21,23-24,27H,6,10,16H2/t19-,21+,23+,24-,27+/m1/s1. The zero-order valence-corrected chi connectivity index (χ0v) is 16.8. The lowest BCUT2D eigenvalue weighted by molar-refractivity contribution is 0.336. The number of halogens is 1. The molecule has 1 nitrogen and oxygen atoms in total. The fourth-order valence-electron chi connectivity index (χ4n) is 6.77. The fraction of sp³-hybridized carbons (Fsp3) is 0.286. The molecule has 0 radical (unpaired) electrons. The predicted octanol–water partition coefficient (Wildman–Crippen LogP) is 6.87. The van der Waals surface area contributed by atoms with Gasteiger partial charge in [0.25, 0.3) is 0 Å². The summed E-state index contributed by atoms with van der Waals surface area (Å²) in [6.07, 6.45) is 11.9. The number of anilines is 1. The van der Waals surface area contributed by atoms with Crippen molar-refractivity contribution in [2.24, 2.45) is 11.8 Å². The number of nitrogens with zero attached hydrogens (tertiary/aromatic N) is 1. The van der Waals surface area contributed by atoms with E-state index >= 15 is 0 Å². The van der Waals surface area contributed by atoms with Crippen LogP contribution in [0, 0.1) is 17.7 Å². The first-order chi connectivity index (χ1) is 14.8. The molecule has 0 saturated heterocycles. The average molecular weight is 394 g/mol. The van der Waals surface area contributed by atoms with Crippen LogP contribution in [0.5, 0.6) is 0 Å². The fourth-order valence-corrected chi connectivity index (χ4v) is 6.77. The minimum Gasteiger partial charge on any atom is -0.363 e. The van der Waals surface area contributed by atoms with Crippen LogP contribution in [0.3, 0.4) is 0 Å². The van der Waals surface area contributed by atoms with Crippen molar-refractivity contribution in [2.45, 2.75) is 30.7 Å². The molecule has 148 valence electrons. The molecule has 3 aromatic rings. The van der Waals surface area contributed by atoms with Crippen LogP contribution in [-0.4, -0.2) is 6.54 Å². The molecule has 0 fully saturated rings. The Labute approximate surface area is 176 Å². The number of rotatable bonds is 1. The Balaban J connectivity index is 1.54. The predicted molar refractivity (Wildman–Crippen MR) is 120 cm³/mol. The summed E-state index contributed by atoms with van der Waals surface area (Å²) in [7, 11) is 0. The number of benzene rings is 3. The van der Waals surface area contributed by atoms with E-state index in [2.05, 4.69) is 59.5 Å².